The molecule has 1 aliphatic rings. The molecule has 3 amide bonds. The number of carbonyl (C=O) groups is 3. The molecule has 0 saturated heterocycles. The van der Waals surface area contributed by atoms with Gasteiger partial charge in [-0.2, -0.15) is 0 Å². The Hall–Kier alpha value is -1.79. The first-order valence-electron chi connectivity index (χ1n) is 8.56. The van der Waals surface area contributed by atoms with Gasteiger partial charge in [-0.25, -0.2) is 4.79 Å². The van der Waals surface area contributed by atoms with Crippen molar-refractivity contribution in [2.45, 2.75) is 64.3 Å². The van der Waals surface area contributed by atoms with Gasteiger partial charge in [0.05, 0.1) is 0 Å². The maximum atomic E-state index is 12.0. The summed E-state index contributed by atoms with van der Waals surface area (Å²) in [4.78, 5) is 35.8. The molecule has 7 heteroatoms. The van der Waals surface area contributed by atoms with E-state index in [4.69, 9.17) is 5.11 Å². The fourth-order valence-corrected chi connectivity index (χ4v) is 2.81. The molecular formula is C16H29N3O4. The molecule has 0 heterocycles. The van der Waals surface area contributed by atoms with Crippen LogP contribution in [0.1, 0.15) is 58.3 Å². The van der Waals surface area contributed by atoms with Crippen LogP contribution in [0.4, 0.5) is 4.79 Å². The van der Waals surface area contributed by atoms with Gasteiger partial charge in [0.1, 0.15) is 6.54 Å². The molecule has 0 unspecified atom stereocenters. The lowest BCUT2D eigenvalue weighted by Crippen LogP contribution is -2.43. The van der Waals surface area contributed by atoms with Gasteiger partial charge in [-0.15, -0.1) is 0 Å². The Bertz CT molecular complexity index is 395. The quantitative estimate of drug-likeness (QED) is 0.562. The second kappa shape index (κ2) is 10.9. The van der Waals surface area contributed by atoms with E-state index in [0.29, 0.717) is 19.5 Å². The van der Waals surface area contributed by atoms with E-state index in [1.165, 1.54) is 11.3 Å². The number of carboxylic acid groups (broad SMARTS) is 1. The van der Waals surface area contributed by atoms with Gasteiger partial charge in [-0.3, -0.25) is 9.59 Å². The smallest absolute Gasteiger partial charge is 0.323 e. The zero-order valence-corrected chi connectivity index (χ0v) is 14.0. The molecule has 7 nitrogen and oxygen atoms in total. The van der Waals surface area contributed by atoms with Crippen LogP contribution in [0.2, 0.25) is 0 Å². The average molecular weight is 327 g/mol. The van der Waals surface area contributed by atoms with Crippen molar-refractivity contribution in [2.75, 3.05) is 19.6 Å². The molecular weight excluding hydrogens is 298 g/mol. The van der Waals surface area contributed by atoms with Crippen LogP contribution < -0.4 is 10.6 Å². The van der Waals surface area contributed by atoms with Crippen LogP contribution in [0.3, 0.4) is 0 Å². The first kappa shape index (κ1) is 19.3. The van der Waals surface area contributed by atoms with Crippen LogP contribution in [0, 0.1) is 0 Å². The predicted molar refractivity (Wildman–Crippen MR) is 87.1 cm³/mol. The van der Waals surface area contributed by atoms with Crippen LogP contribution in [-0.2, 0) is 9.59 Å². The van der Waals surface area contributed by atoms with E-state index >= 15 is 0 Å². The summed E-state index contributed by atoms with van der Waals surface area (Å²) >= 11 is 0. The summed E-state index contributed by atoms with van der Waals surface area (Å²) in [6, 6.07) is 0.0845. The standard InChI is InChI=1S/C16H29N3O4/c1-2-11-19(12-15(21)22)14(20)9-6-10-17-16(23)18-13-7-4-3-5-8-13/h13H,2-12H2,1H3,(H,21,22)(H2,17,18,23). The van der Waals surface area contributed by atoms with Crippen molar-refractivity contribution < 1.29 is 19.5 Å². The highest BCUT2D eigenvalue weighted by molar-refractivity contribution is 5.81. The summed E-state index contributed by atoms with van der Waals surface area (Å²) in [5.74, 6) is -1.18. The molecule has 0 bridgehead atoms. The summed E-state index contributed by atoms with van der Waals surface area (Å²) in [6.07, 6.45) is 7.12. The zero-order valence-electron chi connectivity index (χ0n) is 14.0. The molecule has 0 aromatic carbocycles. The molecule has 3 N–H and O–H groups in total. The van der Waals surface area contributed by atoms with Crippen molar-refractivity contribution in [1.82, 2.24) is 15.5 Å². The number of rotatable bonds is 9. The average Bonchev–Trinajstić information content (AvgIpc) is 2.51. The van der Waals surface area contributed by atoms with Gasteiger partial charge in [-0.05, 0) is 25.7 Å². The van der Waals surface area contributed by atoms with Crippen LogP contribution in [0.25, 0.3) is 0 Å². The number of urea groups is 1. The largest absolute Gasteiger partial charge is 0.480 e. The Balaban J connectivity index is 2.17. The summed E-state index contributed by atoms with van der Waals surface area (Å²) in [5.41, 5.74) is 0. The fraction of sp³-hybridized carbons (Fsp3) is 0.812. The Kier molecular flexibility index (Phi) is 9.09. The second-order valence-electron chi connectivity index (χ2n) is 6.05. The minimum absolute atomic E-state index is 0.177. The summed E-state index contributed by atoms with van der Waals surface area (Å²) in [5, 5.41) is 14.5. The lowest BCUT2D eigenvalue weighted by Gasteiger charge is -2.23. The molecule has 0 aromatic rings. The van der Waals surface area contributed by atoms with Gasteiger partial charge >= 0.3 is 12.0 Å². The van der Waals surface area contributed by atoms with Crippen molar-refractivity contribution in [3.05, 3.63) is 0 Å². The van der Waals surface area contributed by atoms with Gasteiger partial charge < -0.3 is 20.6 Å². The van der Waals surface area contributed by atoms with E-state index in [2.05, 4.69) is 10.6 Å². The minimum atomic E-state index is -1.00. The molecule has 1 fully saturated rings. The van der Waals surface area contributed by atoms with Crippen molar-refractivity contribution >= 4 is 17.9 Å². The van der Waals surface area contributed by atoms with Gasteiger partial charge in [0.25, 0.3) is 0 Å². The van der Waals surface area contributed by atoms with E-state index in [1.54, 1.807) is 0 Å². The lowest BCUT2D eigenvalue weighted by atomic mass is 9.96. The topological polar surface area (TPSA) is 98.7 Å². The van der Waals surface area contributed by atoms with Crippen LogP contribution in [-0.4, -0.2) is 53.6 Å². The normalized spacial score (nSPS) is 15.0. The van der Waals surface area contributed by atoms with Crippen LogP contribution in [0.5, 0.6) is 0 Å². The lowest BCUT2D eigenvalue weighted by molar-refractivity contribution is -0.144. The van der Waals surface area contributed by atoms with Crippen molar-refractivity contribution in [3.8, 4) is 0 Å². The summed E-state index contributed by atoms with van der Waals surface area (Å²) in [6.45, 7) is 2.50. The Morgan fingerprint density at radius 3 is 2.48 bits per heavy atom. The number of nitrogens with zero attached hydrogens (tertiary/aromatic N) is 1. The van der Waals surface area contributed by atoms with E-state index in [0.717, 1.165) is 32.1 Å². The highest BCUT2D eigenvalue weighted by Crippen LogP contribution is 2.17. The van der Waals surface area contributed by atoms with E-state index in [-0.39, 0.29) is 30.9 Å². The SMILES string of the molecule is CCCN(CC(=O)O)C(=O)CCCNC(=O)NC1CCCCC1. The Morgan fingerprint density at radius 1 is 1.17 bits per heavy atom. The van der Waals surface area contributed by atoms with Gasteiger partial charge in [0.2, 0.25) is 5.91 Å². The van der Waals surface area contributed by atoms with E-state index in [1.807, 2.05) is 6.92 Å². The second-order valence-corrected chi connectivity index (χ2v) is 6.05. The number of amides is 3. The first-order valence-corrected chi connectivity index (χ1v) is 8.56. The molecule has 132 valence electrons. The number of hydrogen-bond acceptors (Lipinski definition) is 3. The third-order valence-corrected chi connectivity index (χ3v) is 3.97. The molecule has 23 heavy (non-hydrogen) atoms. The Morgan fingerprint density at radius 2 is 1.87 bits per heavy atom. The van der Waals surface area contributed by atoms with Crippen LogP contribution in [0.15, 0.2) is 0 Å². The molecule has 0 aliphatic heterocycles. The highest BCUT2D eigenvalue weighted by atomic mass is 16.4. The predicted octanol–water partition coefficient (Wildman–Crippen LogP) is 1.72. The number of carbonyl (C=O) groups excluding carboxylic acids is 2. The van der Waals surface area contributed by atoms with Crippen LogP contribution >= 0.6 is 0 Å². The molecule has 1 saturated carbocycles. The van der Waals surface area contributed by atoms with Crippen molar-refractivity contribution in [2.24, 2.45) is 0 Å². The molecule has 0 aromatic heterocycles. The highest BCUT2D eigenvalue weighted by Gasteiger charge is 2.17. The molecule has 1 rings (SSSR count). The third-order valence-electron chi connectivity index (χ3n) is 3.97. The van der Waals surface area contributed by atoms with Gasteiger partial charge in [0.15, 0.2) is 0 Å². The monoisotopic (exact) mass is 327 g/mol. The summed E-state index contributed by atoms with van der Waals surface area (Å²) in [7, 11) is 0. The molecule has 0 radical (unpaired) electrons. The van der Waals surface area contributed by atoms with E-state index in [9.17, 15) is 14.4 Å². The van der Waals surface area contributed by atoms with Crippen molar-refractivity contribution in [1.29, 1.82) is 0 Å². The fourth-order valence-electron chi connectivity index (χ4n) is 2.81. The number of carboxylic acids is 1. The first-order chi connectivity index (χ1) is 11.0. The number of aliphatic carboxylic acids is 1. The molecule has 0 spiro atoms. The number of nitrogens with one attached hydrogen (secondary N) is 2. The summed E-state index contributed by atoms with van der Waals surface area (Å²) < 4.78 is 0. The molecule has 0 atom stereocenters. The Labute approximate surface area is 137 Å². The maximum absolute atomic E-state index is 12.0. The van der Waals surface area contributed by atoms with E-state index < -0.39 is 5.97 Å². The van der Waals surface area contributed by atoms with Gasteiger partial charge in [0, 0.05) is 25.6 Å². The number of hydrogen-bond donors (Lipinski definition) is 3. The van der Waals surface area contributed by atoms with Crippen molar-refractivity contribution in [3.63, 3.8) is 0 Å². The zero-order chi connectivity index (χ0) is 17.1. The third kappa shape index (κ3) is 8.42. The minimum Gasteiger partial charge on any atom is -0.480 e. The van der Waals surface area contributed by atoms with Gasteiger partial charge in [-0.1, -0.05) is 26.2 Å². The molecule has 1 aliphatic carbocycles. The maximum Gasteiger partial charge on any atom is 0.323 e.